The zero-order chi connectivity index (χ0) is 23.8. The standard InChI is InChI=1S/C25H16ClFN2O4S/c26-16-3-6-22-17(11-16)15(12-34-22)10-23(30)28-19-4-2-14(9-18(19)27)25-29-20-7-13(8-24(31)32)1-5-21(20)33-25/h1-7,9,11-12H,8,10H2,(H,28,30)(H,31,32). The topological polar surface area (TPSA) is 92.4 Å². The number of fused-ring (bicyclic) bond motifs is 2. The number of aliphatic carboxylic acids is 1. The highest BCUT2D eigenvalue weighted by atomic mass is 35.5. The molecule has 170 valence electrons. The Kier molecular flexibility index (Phi) is 5.77. The van der Waals surface area contributed by atoms with Gasteiger partial charge in [-0.1, -0.05) is 17.7 Å². The van der Waals surface area contributed by atoms with Gasteiger partial charge >= 0.3 is 5.97 Å². The second-order valence-electron chi connectivity index (χ2n) is 7.71. The fraction of sp³-hybridized carbons (Fsp3) is 0.0800. The van der Waals surface area contributed by atoms with Crippen LogP contribution in [0.3, 0.4) is 0 Å². The molecule has 9 heteroatoms. The van der Waals surface area contributed by atoms with Gasteiger partial charge in [0.15, 0.2) is 5.58 Å². The van der Waals surface area contributed by atoms with Gasteiger partial charge < -0.3 is 14.8 Å². The molecule has 0 aliphatic rings. The molecule has 2 heterocycles. The summed E-state index contributed by atoms with van der Waals surface area (Å²) in [4.78, 5) is 27.8. The minimum absolute atomic E-state index is 0.0474. The minimum Gasteiger partial charge on any atom is -0.481 e. The first-order valence-corrected chi connectivity index (χ1v) is 11.5. The summed E-state index contributed by atoms with van der Waals surface area (Å²) in [5.41, 5.74) is 2.80. The van der Waals surface area contributed by atoms with E-state index in [4.69, 9.17) is 21.1 Å². The van der Waals surface area contributed by atoms with Gasteiger partial charge in [-0.05, 0) is 70.4 Å². The number of halogens is 2. The summed E-state index contributed by atoms with van der Waals surface area (Å²) in [7, 11) is 0. The summed E-state index contributed by atoms with van der Waals surface area (Å²) in [5.74, 6) is -1.73. The summed E-state index contributed by atoms with van der Waals surface area (Å²) in [6, 6.07) is 14.7. The van der Waals surface area contributed by atoms with Crippen LogP contribution in [-0.4, -0.2) is 22.0 Å². The van der Waals surface area contributed by atoms with Crippen molar-refractivity contribution in [3.8, 4) is 11.5 Å². The maximum atomic E-state index is 14.8. The molecule has 0 radical (unpaired) electrons. The van der Waals surface area contributed by atoms with Crippen molar-refractivity contribution in [1.29, 1.82) is 0 Å². The Hall–Kier alpha value is -3.75. The van der Waals surface area contributed by atoms with Crippen molar-refractivity contribution in [1.82, 2.24) is 4.98 Å². The van der Waals surface area contributed by atoms with Crippen molar-refractivity contribution in [3.05, 3.63) is 81.9 Å². The number of carbonyl (C=O) groups is 2. The number of aromatic nitrogens is 1. The molecule has 2 aromatic heterocycles. The lowest BCUT2D eigenvalue weighted by Crippen LogP contribution is -2.15. The smallest absolute Gasteiger partial charge is 0.307 e. The Bertz CT molecular complexity index is 1580. The lowest BCUT2D eigenvalue weighted by atomic mass is 10.1. The number of hydrogen-bond acceptors (Lipinski definition) is 5. The Balaban J connectivity index is 1.33. The Morgan fingerprint density at radius 3 is 2.74 bits per heavy atom. The number of oxazole rings is 1. The van der Waals surface area contributed by atoms with Gasteiger partial charge in [-0.15, -0.1) is 11.3 Å². The molecule has 0 spiro atoms. The number of carbonyl (C=O) groups excluding carboxylic acids is 1. The number of rotatable bonds is 6. The summed E-state index contributed by atoms with van der Waals surface area (Å²) in [6.07, 6.45) is -0.0410. The Morgan fingerprint density at radius 1 is 1.09 bits per heavy atom. The van der Waals surface area contributed by atoms with Crippen LogP contribution in [0.15, 0.2) is 64.4 Å². The molecule has 0 bridgehead atoms. The predicted octanol–water partition coefficient (Wildman–Crippen LogP) is 6.31. The molecule has 3 aromatic carbocycles. The van der Waals surface area contributed by atoms with Crippen LogP contribution in [0.1, 0.15) is 11.1 Å². The molecule has 0 aliphatic heterocycles. The first-order chi connectivity index (χ1) is 16.4. The van der Waals surface area contributed by atoms with E-state index in [-0.39, 0.29) is 30.3 Å². The number of thiophene rings is 1. The molecule has 0 atom stereocenters. The van der Waals surface area contributed by atoms with E-state index in [0.29, 0.717) is 27.2 Å². The Labute approximate surface area is 201 Å². The largest absolute Gasteiger partial charge is 0.481 e. The number of nitrogens with one attached hydrogen (secondary N) is 1. The summed E-state index contributed by atoms with van der Waals surface area (Å²) < 4.78 is 21.5. The van der Waals surface area contributed by atoms with Crippen molar-refractivity contribution < 1.29 is 23.5 Å². The highest BCUT2D eigenvalue weighted by molar-refractivity contribution is 7.17. The van der Waals surface area contributed by atoms with Crippen LogP contribution in [0.25, 0.3) is 32.6 Å². The first-order valence-electron chi connectivity index (χ1n) is 10.2. The number of carboxylic acid groups (broad SMARTS) is 1. The van der Waals surface area contributed by atoms with E-state index >= 15 is 0 Å². The highest BCUT2D eigenvalue weighted by Crippen LogP contribution is 2.30. The maximum Gasteiger partial charge on any atom is 0.307 e. The molecule has 0 saturated carbocycles. The SMILES string of the molecule is O=C(O)Cc1ccc2oc(-c3ccc(NC(=O)Cc4csc5ccc(Cl)cc45)c(F)c3)nc2c1. The molecule has 0 aliphatic carbocycles. The predicted molar refractivity (Wildman–Crippen MR) is 130 cm³/mol. The van der Waals surface area contributed by atoms with E-state index in [9.17, 15) is 14.0 Å². The molecule has 6 nitrogen and oxygen atoms in total. The third-order valence-electron chi connectivity index (χ3n) is 5.26. The molecule has 5 rings (SSSR count). The Morgan fingerprint density at radius 2 is 1.94 bits per heavy atom. The molecule has 0 unspecified atom stereocenters. The van der Waals surface area contributed by atoms with Gasteiger partial charge in [0.25, 0.3) is 0 Å². The van der Waals surface area contributed by atoms with Crippen LogP contribution in [0.5, 0.6) is 0 Å². The van der Waals surface area contributed by atoms with E-state index in [1.807, 2.05) is 17.5 Å². The van der Waals surface area contributed by atoms with Crippen LogP contribution in [-0.2, 0) is 22.4 Å². The fourth-order valence-corrected chi connectivity index (χ4v) is 4.80. The summed E-state index contributed by atoms with van der Waals surface area (Å²) in [5, 5.41) is 15.0. The molecule has 0 fully saturated rings. The zero-order valence-corrected chi connectivity index (χ0v) is 19.0. The number of nitrogens with zero attached hydrogens (tertiary/aromatic N) is 1. The number of anilines is 1. The first kappa shape index (κ1) is 22.1. The van der Waals surface area contributed by atoms with E-state index in [0.717, 1.165) is 15.6 Å². The molecular formula is C25H16ClFN2O4S. The number of hydrogen-bond donors (Lipinski definition) is 2. The van der Waals surface area contributed by atoms with Gasteiger partial charge in [0, 0.05) is 15.3 Å². The van der Waals surface area contributed by atoms with Crippen molar-refractivity contribution in [2.45, 2.75) is 12.8 Å². The lowest BCUT2D eigenvalue weighted by Gasteiger charge is -2.07. The zero-order valence-electron chi connectivity index (χ0n) is 17.5. The van der Waals surface area contributed by atoms with E-state index in [1.165, 1.54) is 23.5 Å². The second kappa shape index (κ2) is 8.89. The van der Waals surface area contributed by atoms with Crippen molar-refractivity contribution in [3.63, 3.8) is 0 Å². The highest BCUT2D eigenvalue weighted by Gasteiger charge is 2.15. The maximum absolute atomic E-state index is 14.8. The molecule has 5 aromatic rings. The van der Waals surface area contributed by atoms with Gasteiger partial charge in [-0.3, -0.25) is 9.59 Å². The molecule has 34 heavy (non-hydrogen) atoms. The quantitative estimate of drug-likeness (QED) is 0.288. The lowest BCUT2D eigenvalue weighted by molar-refractivity contribution is -0.136. The van der Waals surface area contributed by atoms with Crippen LogP contribution in [0, 0.1) is 5.82 Å². The fourth-order valence-electron chi connectivity index (χ4n) is 3.69. The van der Waals surface area contributed by atoms with Gasteiger partial charge in [0.2, 0.25) is 11.8 Å². The van der Waals surface area contributed by atoms with E-state index in [2.05, 4.69) is 10.3 Å². The molecule has 2 N–H and O–H groups in total. The van der Waals surface area contributed by atoms with Crippen molar-refractivity contribution in [2.24, 2.45) is 0 Å². The van der Waals surface area contributed by atoms with Crippen LogP contribution < -0.4 is 5.32 Å². The normalized spacial score (nSPS) is 11.2. The average Bonchev–Trinajstić information content (AvgIpc) is 3.38. The van der Waals surface area contributed by atoms with E-state index in [1.54, 1.807) is 30.3 Å². The molecule has 1 amide bonds. The van der Waals surface area contributed by atoms with E-state index < -0.39 is 11.8 Å². The van der Waals surface area contributed by atoms with Gasteiger partial charge in [0.1, 0.15) is 11.3 Å². The van der Waals surface area contributed by atoms with Crippen molar-refractivity contribution in [2.75, 3.05) is 5.32 Å². The summed E-state index contributed by atoms with van der Waals surface area (Å²) in [6.45, 7) is 0. The van der Waals surface area contributed by atoms with Crippen LogP contribution >= 0.6 is 22.9 Å². The van der Waals surface area contributed by atoms with Gasteiger partial charge in [0.05, 0.1) is 18.5 Å². The molecule has 0 saturated heterocycles. The number of amides is 1. The third kappa shape index (κ3) is 4.50. The van der Waals surface area contributed by atoms with Crippen molar-refractivity contribution >= 4 is 61.7 Å². The second-order valence-corrected chi connectivity index (χ2v) is 9.06. The number of benzene rings is 3. The van der Waals surface area contributed by atoms with Gasteiger partial charge in [-0.25, -0.2) is 9.37 Å². The minimum atomic E-state index is -0.946. The van der Waals surface area contributed by atoms with Crippen LogP contribution in [0.2, 0.25) is 5.02 Å². The third-order valence-corrected chi connectivity index (χ3v) is 6.51. The number of carboxylic acids is 1. The molecular weight excluding hydrogens is 479 g/mol. The average molecular weight is 495 g/mol. The van der Waals surface area contributed by atoms with Crippen LogP contribution in [0.4, 0.5) is 10.1 Å². The van der Waals surface area contributed by atoms with Gasteiger partial charge in [-0.2, -0.15) is 0 Å². The monoisotopic (exact) mass is 494 g/mol. The summed E-state index contributed by atoms with van der Waals surface area (Å²) >= 11 is 7.59.